The summed E-state index contributed by atoms with van der Waals surface area (Å²) in [4.78, 5) is 73.8. The molecule has 59 heavy (non-hydrogen) atoms. The first-order valence-electron chi connectivity index (χ1n) is 19.4. The molecule has 4 atom stereocenters. The van der Waals surface area contributed by atoms with Crippen LogP contribution in [0.25, 0.3) is 0 Å². The van der Waals surface area contributed by atoms with Crippen LogP contribution in [0.4, 0.5) is 10.1 Å². The van der Waals surface area contributed by atoms with Gasteiger partial charge in [-0.15, -0.1) is 0 Å². The van der Waals surface area contributed by atoms with Crippen LogP contribution in [0.5, 0.6) is 5.75 Å². The fourth-order valence-corrected chi connectivity index (χ4v) is 6.32. The van der Waals surface area contributed by atoms with Crippen LogP contribution in [0.3, 0.4) is 0 Å². The van der Waals surface area contributed by atoms with E-state index in [2.05, 4.69) is 26.3 Å². The lowest BCUT2D eigenvalue weighted by molar-refractivity contribution is -0.135. The van der Waals surface area contributed by atoms with Crippen LogP contribution in [-0.4, -0.2) is 73.3 Å². The molecule has 1 fully saturated rings. The van der Waals surface area contributed by atoms with Crippen LogP contribution in [0, 0.1) is 5.82 Å². The van der Waals surface area contributed by atoms with E-state index in [1.165, 1.54) is 29.2 Å². The first-order valence-corrected chi connectivity index (χ1v) is 19.4. The highest BCUT2D eigenvalue weighted by molar-refractivity contribution is 6.06. The second-order valence-corrected chi connectivity index (χ2v) is 14.0. The zero-order valence-corrected chi connectivity index (χ0v) is 32.5. The first kappa shape index (κ1) is 43.3. The van der Waals surface area contributed by atoms with Crippen molar-refractivity contribution in [2.24, 2.45) is 22.2 Å². The van der Waals surface area contributed by atoms with E-state index in [0.717, 1.165) is 5.56 Å². The van der Waals surface area contributed by atoms with Gasteiger partial charge in [-0.1, -0.05) is 60.7 Å². The molecule has 4 aromatic carbocycles. The van der Waals surface area contributed by atoms with Crippen molar-refractivity contribution in [2.75, 3.05) is 24.5 Å². The molecule has 1 aliphatic heterocycles. The number of aliphatic imine (C=N–C) groups is 1. The Bertz CT molecular complexity index is 2050. The lowest BCUT2D eigenvalue weighted by Gasteiger charge is -2.39. The molecule has 0 spiro atoms. The van der Waals surface area contributed by atoms with E-state index in [-0.39, 0.29) is 31.9 Å². The number of β-lactam (4-membered cyclic amide) rings is 1. The molecule has 0 bridgehead atoms. The van der Waals surface area contributed by atoms with E-state index in [1.54, 1.807) is 54.6 Å². The maximum absolute atomic E-state index is 14.2. The quantitative estimate of drug-likeness (QED) is 0.0283. The highest BCUT2D eigenvalue weighted by Gasteiger charge is 2.40. The van der Waals surface area contributed by atoms with Crippen molar-refractivity contribution < 1.29 is 33.1 Å². The Morgan fingerprint density at radius 2 is 1.39 bits per heavy atom. The summed E-state index contributed by atoms with van der Waals surface area (Å²) >= 11 is 0. The maximum Gasteiger partial charge on any atom is 0.251 e. The lowest BCUT2D eigenvalue weighted by atomic mass is 10.0. The summed E-state index contributed by atoms with van der Waals surface area (Å²) in [6, 6.07) is 25.5. The molecule has 310 valence electrons. The van der Waals surface area contributed by atoms with Gasteiger partial charge in [0.15, 0.2) is 5.96 Å². The van der Waals surface area contributed by atoms with Crippen LogP contribution >= 0.6 is 0 Å². The van der Waals surface area contributed by atoms with Crippen LogP contribution < -0.4 is 48.1 Å². The van der Waals surface area contributed by atoms with Gasteiger partial charge in [0, 0.05) is 17.8 Å². The van der Waals surface area contributed by atoms with Crippen molar-refractivity contribution >= 4 is 41.2 Å². The van der Waals surface area contributed by atoms with Gasteiger partial charge in [0.05, 0.1) is 6.54 Å². The Kier molecular flexibility index (Phi) is 15.9. The van der Waals surface area contributed by atoms with Crippen LogP contribution in [0.1, 0.15) is 59.6 Å². The largest absolute Gasteiger partial charge is 0.489 e. The number of ether oxygens (including phenoxy) is 1. The Hall–Kier alpha value is -6.81. The summed E-state index contributed by atoms with van der Waals surface area (Å²) in [6.45, 7) is 0.976. The number of guanidine groups is 1. The first-order chi connectivity index (χ1) is 28.5. The van der Waals surface area contributed by atoms with Crippen molar-refractivity contribution in [1.82, 2.24) is 21.3 Å². The summed E-state index contributed by atoms with van der Waals surface area (Å²) in [5.74, 6) is -2.93. The standard InChI is InChI=1S/C43H50FN9O6/c44-31-18-20-32(21-19-31)53-26-36(42(53)58)51-41(57)37(29-16-22-33(23-17-29)59-27-28-10-3-1-4-11-28)52-40(56)34(14-7-8-24-45)50-39(55)35(15-9-25-48-43(46)47)49-38(54)30-12-5-2-6-13-30/h1-6,10-13,16-23,34-37H,7-9,14-15,24-27,45H2,(H,49,54)(H,50,55)(H,51,57)(H,52,56)(H4,46,47,48)/t34-,35-,36+,37+/m0/s1. The minimum absolute atomic E-state index is 0.115. The molecular weight excluding hydrogens is 758 g/mol. The average molecular weight is 808 g/mol. The van der Waals surface area contributed by atoms with Gasteiger partial charge in [-0.2, -0.15) is 0 Å². The second-order valence-electron chi connectivity index (χ2n) is 14.0. The van der Waals surface area contributed by atoms with Crippen LogP contribution in [0.15, 0.2) is 114 Å². The summed E-state index contributed by atoms with van der Waals surface area (Å²) < 4.78 is 19.4. The molecule has 0 radical (unpaired) electrons. The lowest BCUT2D eigenvalue weighted by Crippen LogP contribution is -2.65. The molecule has 1 saturated heterocycles. The van der Waals surface area contributed by atoms with E-state index in [4.69, 9.17) is 21.9 Å². The Morgan fingerprint density at radius 3 is 2.03 bits per heavy atom. The maximum atomic E-state index is 14.2. The number of unbranched alkanes of at least 4 members (excludes halogenated alkanes) is 1. The normalized spacial score (nSPS) is 14.8. The van der Waals surface area contributed by atoms with Crippen molar-refractivity contribution in [1.29, 1.82) is 0 Å². The zero-order valence-electron chi connectivity index (χ0n) is 32.5. The van der Waals surface area contributed by atoms with Crippen molar-refractivity contribution in [3.63, 3.8) is 0 Å². The fraction of sp³-hybridized carbons (Fsp3) is 0.302. The number of nitrogens with two attached hydrogens (primary N) is 3. The van der Waals surface area contributed by atoms with Gasteiger partial charge < -0.3 is 48.1 Å². The molecule has 0 unspecified atom stereocenters. The van der Waals surface area contributed by atoms with Crippen LogP contribution in [0.2, 0.25) is 0 Å². The predicted molar refractivity (Wildman–Crippen MR) is 221 cm³/mol. The highest BCUT2D eigenvalue weighted by Crippen LogP contribution is 2.25. The van der Waals surface area contributed by atoms with Gasteiger partial charge >= 0.3 is 0 Å². The second kappa shape index (κ2) is 21.6. The van der Waals surface area contributed by atoms with Crippen molar-refractivity contribution in [3.8, 4) is 5.75 Å². The number of carbonyl (C=O) groups excluding carboxylic acids is 5. The third-order valence-electron chi connectivity index (χ3n) is 9.58. The highest BCUT2D eigenvalue weighted by atomic mass is 19.1. The molecule has 0 aromatic heterocycles. The third kappa shape index (κ3) is 12.8. The SMILES string of the molecule is NCCCC[C@H](NC(=O)[C@H](CCCN=C(N)N)NC(=O)c1ccccc1)C(=O)N[C@@H](C(=O)N[C@@H]1CN(c2ccc(F)cc2)C1=O)c1ccc(OCc2ccccc2)cc1. The van der Waals surface area contributed by atoms with Crippen LogP contribution in [-0.2, 0) is 25.8 Å². The van der Waals surface area contributed by atoms with Gasteiger partial charge in [-0.05, 0) is 98.3 Å². The number of nitrogens with zero attached hydrogens (tertiary/aromatic N) is 2. The molecule has 15 nitrogen and oxygen atoms in total. The monoisotopic (exact) mass is 807 g/mol. The Balaban J connectivity index is 1.34. The molecule has 1 heterocycles. The average Bonchev–Trinajstić information content (AvgIpc) is 3.25. The molecule has 1 aliphatic rings. The van der Waals surface area contributed by atoms with Crippen molar-refractivity contribution in [3.05, 3.63) is 132 Å². The van der Waals surface area contributed by atoms with E-state index in [0.29, 0.717) is 55.0 Å². The minimum Gasteiger partial charge on any atom is -0.489 e. The summed E-state index contributed by atoms with van der Waals surface area (Å²) in [5, 5.41) is 11.1. The topological polar surface area (TPSA) is 236 Å². The summed E-state index contributed by atoms with van der Waals surface area (Å²) in [6.07, 6.45) is 1.65. The van der Waals surface area contributed by atoms with Crippen molar-refractivity contribution in [2.45, 2.75) is 62.9 Å². The summed E-state index contributed by atoms with van der Waals surface area (Å²) in [7, 11) is 0. The Labute approximate surface area is 341 Å². The minimum atomic E-state index is -1.31. The van der Waals surface area contributed by atoms with Gasteiger partial charge in [0.2, 0.25) is 17.7 Å². The zero-order chi connectivity index (χ0) is 42.1. The number of hydrogen-bond donors (Lipinski definition) is 7. The van der Waals surface area contributed by atoms with Gasteiger partial charge in [0.1, 0.15) is 42.3 Å². The smallest absolute Gasteiger partial charge is 0.251 e. The fourth-order valence-electron chi connectivity index (χ4n) is 6.32. The number of benzene rings is 4. The summed E-state index contributed by atoms with van der Waals surface area (Å²) in [5.41, 5.74) is 18.8. The Morgan fingerprint density at radius 1 is 0.763 bits per heavy atom. The van der Waals surface area contributed by atoms with E-state index in [9.17, 15) is 28.4 Å². The van der Waals surface area contributed by atoms with E-state index >= 15 is 0 Å². The molecule has 5 amide bonds. The van der Waals surface area contributed by atoms with E-state index in [1.807, 2.05) is 30.3 Å². The number of hydrogen-bond acceptors (Lipinski definition) is 8. The number of amides is 5. The molecular formula is C43H50FN9O6. The molecule has 0 saturated carbocycles. The van der Waals surface area contributed by atoms with E-state index < -0.39 is 59.5 Å². The third-order valence-corrected chi connectivity index (χ3v) is 9.58. The molecule has 4 aromatic rings. The molecule has 5 rings (SSSR count). The molecule has 10 N–H and O–H groups in total. The molecule has 0 aliphatic carbocycles. The number of anilines is 1. The van der Waals surface area contributed by atoms with Gasteiger partial charge in [-0.25, -0.2) is 4.39 Å². The number of rotatable bonds is 21. The number of carbonyl (C=O) groups is 5. The predicted octanol–water partition coefficient (Wildman–Crippen LogP) is 2.56. The number of halogens is 1. The molecule has 16 heteroatoms. The van der Waals surface area contributed by atoms with Gasteiger partial charge in [0.25, 0.3) is 11.8 Å². The number of nitrogens with one attached hydrogen (secondary N) is 4. The van der Waals surface area contributed by atoms with Gasteiger partial charge in [-0.3, -0.25) is 29.0 Å².